The second-order valence-electron chi connectivity index (χ2n) is 5.41. The number of benzene rings is 1. The Morgan fingerprint density at radius 2 is 2.05 bits per heavy atom. The maximum absolute atomic E-state index is 12.0. The summed E-state index contributed by atoms with van der Waals surface area (Å²) in [7, 11) is 0. The minimum absolute atomic E-state index is 0.0791. The second-order valence-corrected chi connectivity index (χ2v) is 5.81. The van der Waals surface area contributed by atoms with Gasteiger partial charge < -0.3 is 15.7 Å². The smallest absolute Gasteiger partial charge is 0.315 e. The molecule has 1 saturated carbocycles. The topological polar surface area (TPSA) is 78.4 Å². The molecule has 21 heavy (non-hydrogen) atoms. The van der Waals surface area contributed by atoms with Crippen LogP contribution in [0.15, 0.2) is 24.3 Å². The highest BCUT2D eigenvalue weighted by atomic mass is 35.5. The van der Waals surface area contributed by atoms with Gasteiger partial charge in [0.25, 0.3) is 0 Å². The van der Waals surface area contributed by atoms with Gasteiger partial charge in [0.15, 0.2) is 0 Å². The highest BCUT2D eigenvalue weighted by molar-refractivity contribution is 6.31. The van der Waals surface area contributed by atoms with E-state index in [1.54, 1.807) is 6.07 Å². The Bertz CT molecular complexity index is 535. The van der Waals surface area contributed by atoms with Gasteiger partial charge in [-0.2, -0.15) is 0 Å². The molecule has 114 valence electrons. The highest BCUT2D eigenvalue weighted by Gasteiger charge is 2.30. The molecule has 0 aliphatic heterocycles. The first kappa shape index (κ1) is 15.6. The van der Waals surface area contributed by atoms with Crippen LogP contribution >= 0.6 is 11.6 Å². The van der Waals surface area contributed by atoms with Crippen molar-refractivity contribution in [2.24, 2.45) is 5.92 Å². The van der Waals surface area contributed by atoms with E-state index < -0.39 is 5.97 Å². The van der Waals surface area contributed by atoms with Crippen molar-refractivity contribution in [3.8, 4) is 0 Å². The van der Waals surface area contributed by atoms with Crippen molar-refractivity contribution in [1.29, 1.82) is 0 Å². The molecule has 3 atom stereocenters. The summed E-state index contributed by atoms with van der Waals surface area (Å²) in [4.78, 5) is 22.8. The molecule has 0 radical (unpaired) electrons. The Morgan fingerprint density at radius 1 is 1.33 bits per heavy atom. The number of rotatable bonds is 4. The molecular weight excluding hydrogens is 292 g/mol. The van der Waals surface area contributed by atoms with Crippen LogP contribution in [0.2, 0.25) is 5.02 Å². The van der Waals surface area contributed by atoms with Crippen molar-refractivity contribution in [3.05, 3.63) is 34.9 Å². The molecule has 0 bridgehead atoms. The van der Waals surface area contributed by atoms with E-state index in [1.807, 2.05) is 25.1 Å². The van der Waals surface area contributed by atoms with Crippen LogP contribution < -0.4 is 10.6 Å². The normalized spacial score (nSPS) is 22.6. The summed E-state index contributed by atoms with van der Waals surface area (Å²) in [6.07, 6.45) is 1.80. The van der Waals surface area contributed by atoms with Gasteiger partial charge in [0.2, 0.25) is 0 Å². The lowest BCUT2D eigenvalue weighted by molar-refractivity contribution is -0.141. The number of carboxylic acid groups (broad SMARTS) is 1. The third kappa shape index (κ3) is 4.11. The molecule has 3 N–H and O–H groups in total. The molecule has 1 aromatic carbocycles. The van der Waals surface area contributed by atoms with Crippen LogP contribution in [0.1, 0.15) is 37.8 Å². The van der Waals surface area contributed by atoms with Crippen LogP contribution in [0.25, 0.3) is 0 Å². The molecule has 1 aliphatic rings. The molecule has 5 nitrogen and oxygen atoms in total. The number of amides is 2. The lowest BCUT2D eigenvalue weighted by atomic mass is 10.1. The standard InChI is InChI=1S/C15H19ClN2O3/c1-9(12-4-2-3-5-13(12)16)17-15(21)18-11-7-6-10(8-11)14(19)20/h2-5,9-11H,6-8H2,1H3,(H,19,20)(H2,17,18,21). The first-order valence-corrected chi connectivity index (χ1v) is 7.39. The van der Waals surface area contributed by atoms with E-state index in [4.69, 9.17) is 16.7 Å². The molecule has 0 spiro atoms. The lowest BCUT2D eigenvalue weighted by Gasteiger charge is -2.18. The number of halogens is 1. The number of carbonyl (C=O) groups is 2. The number of aliphatic carboxylic acids is 1. The van der Waals surface area contributed by atoms with Crippen LogP contribution in [0, 0.1) is 5.92 Å². The monoisotopic (exact) mass is 310 g/mol. The Morgan fingerprint density at radius 3 is 2.67 bits per heavy atom. The number of carboxylic acids is 1. The second kappa shape index (κ2) is 6.80. The number of carbonyl (C=O) groups excluding carboxylic acids is 1. The van der Waals surface area contributed by atoms with Crippen molar-refractivity contribution in [2.75, 3.05) is 0 Å². The van der Waals surface area contributed by atoms with Gasteiger partial charge in [-0.15, -0.1) is 0 Å². The molecular formula is C15H19ClN2O3. The maximum Gasteiger partial charge on any atom is 0.315 e. The molecule has 0 heterocycles. The SMILES string of the molecule is CC(NC(=O)NC1CCC(C(=O)O)C1)c1ccccc1Cl. The molecule has 3 unspecified atom stereocenters. The minimum Gasteiger partial charge on any atom is -0.481 e. The molecule has 0 saturated heterocycles. The summed E-state index contributed by atoms with van der Waals surface area (Å²) >= 11 is 6.09. The van der Waals surface area contributed by atoms with Gasteiger partial charge in [-0.3, -0.25) is 4.79 Å². The Labute approximate surface area is 128 Å². The van der Waals surface area contributed by atoms with E-state index in [9.17, 15) is 9.59 Å². The summed E-state index contributed by atoms with van der Waals surface area (Å²) in [5.74, 6) is -1.14. The third-order valence-corrected chi connectivity index (χ3v) is 4.18. The van der Waals surface area contributed by atoms with Crippen LogP contribution in [-0.4, -0.2) is 23.1 Å². The zero-order valence-electron chi connectivity index (χ0n) is 11.8. The van der Waals surface area contributed by atoms with Gasteiger partial charge in [0.05, 0.1) is 12.0 Å². The average molecular weight is 311 g/mol. The predicted octanol–water partition coefficient (Wildman–Crippen LogP) is 2.95. The molecule has 2 rings (SSSR count). The van der Waals surface area contributed by atoms with Gasteiger partial charge in [0.1, 0.15) is 0 Å². The quantitative estimate of drug-likeness (QED) is 0.800. The summed E-state index contributed by atoms with van der Waals surface area (Å²) < 4.78 is 0. The van der Waals surface area contributed by atoms with Crippen LogP contribution in [0.5, 0.6) is 0 Å². The zero-order chi connectivity index (χ0) is 15.4. The average Bonchev–Trinajstić information content (AvgIpc) is 2.87. The summed E-state index contributed by atoms with van der Waals surface area (Å²) in [6, 6.07) is 6.76. The van der Waals surface area contributed by atoms with Gasteiger partial charge >= 0.3 is 12.0 Å². The van der Waals surface area contributed by atoms with Gasteiger partial charge in [-0.05, 0) is 37.8 Å². The summed E-state index contributed by atoms with van der Waals surface area (Å²) in [5, 5.41) is 15.2. The number of urea groups is 1. The first-order chi connectivity index (χ1) is 9.97. The van der Waals surface area contributed by atoms with E-state index >= 15 is 0 Å². The number of hydrogen-bond donors (Lipinski definition) is 3. The molecule has 1 aliphatic carbocycles. The molecule has 1 fully saturated rings. The fraction of sp³-hybridized carbons (Fsp3) is 0.467. The molecule has 0 aromatic heterocycles. The van der Waals surface area contributed by atoms with Crippen molar-refractivity contribution in [2.45, 2.75) is 38.3 Å². The van der Waals surface area contributed by atoms with E-state index in [0.717, 1.165) is 5.56 Å². The fourth-order valence-corrected chi connectivity index (χ4v) is 2.96. The Kier molecular flexibility index (Phi) is 5.07. The van der Waals surface area contributed by atoms with Crippen LogP contribution in [-0.2, 0) is 4.79 Å². The first-order valence-electron chi connectivity index (χ1n) is 7.01. The van der Waals surface area contributed by atoms with Crippen molar-refractivity contribution in [1.82, 2.24) is 10.6 Å². The van der Waals surface area contributed by atoms with E-state index in [0.29, 0.717) is 24.3 Å². The third-order valence-electron chi connectivity index (χ3n) is 3.84. The van der Waals surface area contributed by atoms with Crippen LogP contribution in [0.3, 0.4) is 0 Å². The number of hydrogen-bond acceptors (Lipinski definition) is 2. The Hall–Kier alpha value is -1.75. The zero-order valence-corrected chi connectivity index (χ0v) is 12.6. The van der Waals surface area contributed by atoms with Gasteiger partial charge in [-0.25, -0.2) is 4.79 Å². The number of nitrogens with one attached hydrogen (secondary N) is 2. The minimum atomic E-state index is -0.788. The van der Waals surface area contributed by atoms with Crippen molar-refractivity contribution < 1.29 is 14.7 Å². The molecule has 2 amide bonds. The van der Waals surface area contributed by atoms with Gasteiger partial charge in [0, 0.05) is 11.1 Å². The van der Waals surface area contributed by atoms with E-state index in [2.05, 4.69) is 10.6 Å². The van der Waals surface area contributed by atoms with Gasteiger partial charge in [-0.1, -0.05) is 29.8 Å². The maximum atomic E-state index is 12.0. The summed E-state index contributed by atoms with van der Waals surface area (Å²) in [5.41, 5.74) is 0.851. The Balaban J connectivity index is 1.85. The summed E-state index contributed by atoms with van der Waals surface area (Å²) in [6.45, 7) is 1.86. The van der Waals surface area contributed by atoms with E-state index in [-0.39, 0.29) is 24.0 Å². The largest absolute Gasteiger partial charge is 0.481 e. The van der Waals surface area contributed by atoms with Crippen molar-refractivity contribution in [3.63, 3.8) is 0 Å². The predicted molar refractivity (Wildman–Crippen MR) is 80.3 cm³/mol. The molecule has 6 heteroatoms. The lowest BCUT2D eigenvalue weighted by Crippen LogP contribution is -2.42. The molecule has 1 aromatic rings. The van der Waals surface area contributed by atoms with Crippen LogP contribution in [0.4, 0.5) is 4.79 Å². The van der Waals surface area contributed by atoms with E-state index in [1.165, 1.54) is 0 Å². The fourth-order valence-electron chi connectivity index (χ4n) is 2.66. The van der Waals surface area contributed by atoms with Crippen molar-refractivity contribution >= 4 is 23.6 Å². The highest BCUT2D eigenvalue weighted by Crippen LogP contribution is 2.26.